The van der Waals surface area contributed by atoms with E-state index in [0.29, 0.717) is 23.7 Å². The van der Waals surface area contributed by atoms with Crippen molar-refractivity contribution < 1.29 is 19.0 Å². The van der Waals surface area contributed by atoms with Gasteiger partial charge in [0.05, 0.1) is 27.5 Å². The molecule has 0 aliphatic carbocycles. The van der Waals surface area contributed by atoms with Gasteiger partial charge in [0.15, 0.2) is 11.5 Å². The molecule has 0 radical (unpaired) electrons. The van der Waals surface area contributed by atoms with Crippen LogP contribution in [0.1, 0.15) is 17.5 Å². The molecule has 1 heterocycles. The third-order valence-electron chi connectivity index (χ3n) is 5.46. The van der Waals surface area contributed by atoms with E-state index in [2.05, 4.69) is 44.6 Å². The maximum atomic E-state index is 12.2. The average Bonchev–Trinajstić information content (AvgIpc) is 2.83. The van der Waals surface area contributed by atoms with Gasteiger partial charge in [-0.2, -0.15) is 5.10 Å². The van der Waals surface area contributed by atoms with Crippen LogP contribution in [0, 0.1) is 0 Å². The number of carbonyl (C=O) groups is 1. The Balaban J connectivity index is 1.41. The van der Waals surface area contributed by atoms with Gasteiger partial charge in [-0.1, -0.05) is 30.3 Å². The minimum absolute atomic E-state index is 0.111. The summed E-state index contributed by atoms with van der Waals surface area (Å²) in [6.45, 7) is 5.66. The molecule has 0 spiro atoms. The molecular weight excluding hydrogens is 408 g/mol. The van der Waals surface area contributed by atoms with E-state index < -0.39 is 0 Å². The molecule has 8 heteroatoms. The SMILES string of the molecule is COc1cc(C=NNC(=O)CCN2CCN(Cc3ccccc3)CC2)cc(OC)c1OC. The smallest absolute Gasteiger partial charge is 0.241 e. The molecule has 1 N–H and O–H groups in total. The third-order valence-corrected chi connectivity index (χ3v) is 5.46. The highest BCUT2D eigenvalue weighted by Gasteiger charge is 2.17. The maximum absolute atomic E-state index is 12.2. The minimum atomic E-state index is -0.111. The molecular formula is C24H32N4O4. The summed E-state index contributed by atoms with van der Waals surface area (Å²) in [5.41, 5.74) is 4.67. The lowest BCUT2D eigenvalue weighted by Crippen LogP contribution is -2.46. The summed E-state index contributed by atoms with van der Waals surface area (Å²) in [4.78, 5) is 17.0. The van der Waals surface area contributed by atoms with E-state index in [0.717, 1.165) is 44.8 Å². The molecule has 1 saturated heterocycles. The number of ether oxygens (including phenoxy) is 3. The van der Waals surface area contributed by atoms with Crippen molar-refractivity contribution in [2.24, 2.45) is 5.10 Å². The highest BCUT2D eigenvalue weighted by molar-refractivity contribution is 5.84. The molecule has 8 nitrogen and oxygen atoms in total. The number of amides is 1. The fraction of sp³-hybridized carbons (Fsp3) is 0.417. The molecule has 1 aliphatic heterocycles. The first-order valence-corrected chi connectivity index (χ1v) is 10.7. The van der Waals surface area contributed by atoms with Crippen molar-refractivity contribution in [1.82, 2.24) is 15.2 Å². The van der Waals surface area contributed by atoms with E-state index in [1.54, 1.807) is 39.7 Å². The van der Waals surface area contributed by atoms with Crippen LogP contribution in [0.25, 0.3) is 0 Å². The van der Waals surface area contributed by atoms with Crippen LogP contribution in [0.15, 0.2) is 47.6 Å². The van der Waals surface area contributed by atoms with Crippen molar-refractivity contribution in [3.63, 3.8) is 0 Å². The van der Waals surface area contributed by atoms with E-state index in [9.17, 15) is 4.79 Å². The number of carbonyl (C=O) groups excluding carboxylic acids is 1. The summed E-state index contributed by atoms with van der Waals surface area (Å²) in [7, 11) is 4.67. The summed E-state index contributed by atoms with van der Waals surface area (Å²) in [6, 6.07) is 14.1. The molecule has 0 unspecified atom stereocenters. The Kier molecular flexibility index (Phi) is 8.89. The van der Waals surface area contributed by atoms with Gasteiger partial charge in [-0.3, -0.25) is 9.69 Å². The monoisotopic (exact) mass is 440 g/mol. The standard InChI is InChI=1S/C24H32N4O4/c1-30-21-15-20(16-22(31-2)24(21)32-3)17-25-26-23(29)9-10-27-11-13-28(14-12-27)18-19-7-5-4-6-8-19/h4-8,15-17H,9-14,18H2,1-3H3,(H,26,29). The molecule has 1 aliphatic rings. The lowest BCUT2D eigenvalue weighted by atomic mass is 10.2. The molecule has 172 valence electrons. The third kappa shape index (κ3) is 6.70. The van der Waals surface area contributed by atoms with Crippen LogP contribution < -0.4 is 19.6 Å². The van der Waals surface area contributed by atoms with Crippen LogP contribution >= 0.6 is 0 Å². The van der Waals surface area contributed by atoms with Gasteiger partial charge >= 0.3 is 0 Å². The molecule has 2 aromatic carbocycles. The first kappa shape index (κ1) is 23.6. The van der Waals surface area contributed by atoms with Crippen LogP contribution in [-0.4, -0.2) is 76.0 Å². The zero-order valence-electron chi connectivity index (χ0n) is 19.0. The van der Waals surface area contributed by atoms with Gasteiger partial charge in [-0.25, -0.2) is 5.43 Å². The highest BCUT2D eigenvalue weighted by Crippen LogP contribution is 2.37. The highest BCUT2D eigenvalue weighted by atomic mass is 16.5. The molecule has 0 aromatic heterocycles. The molecule has 0 bridgehead atoms. The van der Waals surface area contributed by atoms with Gasteiger partial charge in [0.25, 0.3) is 0 Å². The largest absolute Gasteiger partial charge is 0.493 e. The van der Waals surface area contributed by atoms with E-state index in [-0.39, 0.29) is 5.91 Å². The zero-order valence-corrected chi connectivity index (χ0v) is 19.0. The number of hydrogen-bond acceptors (Lipinski definition) is 7. The number of rotatable bonds is 10. The van der Waals surface area contributed by atoms with Crippen LogP contribution in [0.4, 0.5) is 0 Å². The predicted octanol–water partition coefficient (Wildman–Crippen LogP) is 2.37. The van der Waals surface area contributed by atoms with E-state index in [1.165, 1.54) is 5.56 Å². The molecule has 1 amide bonds. The minimum Gasteiger partial charge on any atom is -0.493 e. The average molecular weight is 441 g/mol. The fourth-order valence-electron chi connectivity index (χ4n) is 3.68. The van der Waals surface area contributed by atoms with Crippen LogP contribution in [0.5, 0.6) is 17.2 Å². The Morgan fingerprint density at radius 1 is 0.969 bits per heavy atom. The number of nitrogens with one attached hydrogen (secondary N) is 1. The molecule has 32 heavy (non-hydrogen) atoms. The van der Waals surface area contributed by atoms with Gasteiger partial charge in [0.2, 0.25) is 11.7 Å². The lowest BCUT2D eigenvalue weighted by molar-refractivity contribution is -0.121. The quantitative estimate of drug-likeness (QED) is 0.452. The second kappa shape index (κ2) is 12.1. The second-order valence-corrected chi connectivity index (χ2v) is 7.61. The number of piperazine rings is 1. The summed E-state index contributed by atoms with van der Waals surface area (Å²) >= 11 is 0. The van der Waals surface area contributed by atoms with Crippen molar-refractivity contribution in [2.75, 3.05) is 54.1 Å². The van der Waals surface area contributed by atoms with Crippen molar-refractivity contribution >= 4 is 12.1 Å². The van der Waals surface area contributed by atoms with Crippen LogP contribution in [0.2, 0.25) is 0 Å². The Morgan fingerprint density at radius 3 is 2.19 bits per heavy atom. The van der Waals surface area contributed by atoms with Gasteiger partial charge < -0.3 is 19.1 Å². The second-order valence-electron chi connectivity index (χ2n) is 7.61. The number of hydrazone groups is 1. The topological polar surface area (TPSA) is 75.6 Å². The normalized spacial score (nSPS) is 15.0. The van der Waals surface area contributed by atoms with Gasteiger partial charge in [-0.15, -0.1) is 0 Å². The first-order valence-electron chi connectivity index (χ1n) is 10.7. The Morgan fingerprint density at radius 2 is 1.59 bits per heavy atom. The van der Waals surface area contributed by atoms with Crippen LogP contribution in [-0.2, 0) is 11.3 Å². The van der Waals surface area contributed by atoms with Crippen molar-refractivity contribution in [3.05, 3.63) is 53.6 Å². The summed E-state index contributed by atoms with van der Waals surface area (Å²) in [5.74, 6) is 1.47. The number of nitrogens with zero attached hydrogens (tertiary/aromatic N) is 3. The van der Waals surface area contributed by atoms with Crippen LogP contribution in [0.3, 0.4) is 0 Å². The van der Waals surface area contributed by atoms with Gasteiger partial charge in [-0.05, 0) is 17.7 Å². The van der Waals surface area contributed by atoms with E-state index in [1.807, 2.05) is 6.07 Å². The number of hydrogen-bond donors (Lipinski definition) is 1. The van der Waals surface area contributed by atoms with E-state index >= 15 is 0 Å². The molecule has 3 rings (SSSR count). The summed E-state index contributed by atoms with van der Waals surface area (Å²) in [5, 5.41) is 4.07. The van der Waals surface area contributed by atoms with E-state index in [4.69, 9.17) is 14.2 Å². The summed E-state index contributed by atoms with van der Waals surface area (Å²) in [6.07, 6.45) is 1.97. The molecule has 0 saturated carbocycles. The Hall–Kier alpha value is -3.10. The van der Waals surface area contributed by atoms with Crippen molar-refractivity contribution in [1.29, 1.82) is 0 Å². The maximum Gasteiger partial charge on any atom is 0.241 e. The number of methoxy groups -OCH3 is 3. The first-order chi connectivity index (χ1) is 15.6. The molecule has 1 fully saturated rings. The van der Waals surface area contributed by atoms with Crippen molar-refractivity contribution in [3.8, 4) is 17.2 Å². The van der Waals surface area contributed by atoms with Gasteiger partial charge in [0.1, 0.15) is 0 Å². The Labute approximate surface area is 189 Å². The van der Waals surface area contributed by atoms with Gasteiger partial charge in [0, 0.05) is 51.3 Å². The zero-order chi connectivity index (χ0) is 22.8. The predicted molar refractivity (Wildman–Crippen MR) is 125 cm³/mol. The molecule has 0 atom stereocenters. The molecule has 2 aromatic rings. The fourth-order valence-corrected chi connectivity index (χ4v) is 3.68. The Bertz CT molecular complexity index is 871. The summed E-state index contributed by atoms with van der Waals surface area (Å²) < 4.78 is 16.0. The number of benzene rings is 2. The lowest BCUT2D eigenvalue weighted by Gasteiger charge is -2.34. The van der Waals surface area contributed by atoms with Crippen molar-refractivity contribution in [2.45, 2.75) is 13.0 Å².